The van der Waals surface area contributed by atoms with Crippen LogP contribution in [0.15, 0.2) is 24.5 Å². The second-order valence-corrected chi connectivity index (χ2v) is 6.80. The molecule has 1 saturated heterocycles. The van der Waals surface area contributed by atoms with Gasteiger partial charge in [0.05, 0.1) is 11.8 Å². The molecule has 0 amide bonds. The van der Waals surface area contributed by atoms with Crippen LogP contribution in [0.25, 0.3) is 11.4 Å². The number of pyridine rings is 1. The highest BCUT2D eigenvalue weighted by molar-refractivity contribution is 5.60. The number of rotatable bonds is 4. The van der Waals surface area contributed by atoms with Crippen LogP contribution >= 0.6 is 0 Å². The van der Waals surface area contributed by atoms with Crippen LogP contribution in [0, 0.1) is 0 Å². The van der Waals surface area contributed by atoms with Gasteiger partial charge in [-0.3, -0.25) is 4.98 Å². The molecule has 0 saturated carbocycles. The molecule has 0 radical (unpaired) electrons. The molecule has 4 heterocycles. The molecule has 0 unspecified atom stereocenters. The molecule has 1 fully saturated rings. The maximum atomic E-state index is 5.82. The lowest BCUT2D eigenvalue weighted by atomic mass is 10.1. The third-order valence-electron chi connectivity index (χ3n) is 4.94. The van der Waals surface area contributed by atoms with E-state index in [9.17, 15) is 0 Å². The molecule has 2 aromatic heterocycles. The number of hydrogen-bond acceptors (Lipinski definition) is 6. The molecule has 0 spiro atoms. The normalized spacial score (nSPS) is 20.1. The maximum absolute atomic E-state index is 5.82. The Morgan fingerprint density at radius 1 is 1.28 bits per heavy atom. The first kappa shape index (κ1) is 16.4. The van der Waals surface area contributed by atoms with Gasteiger partial charge in [0.1, 0.15) is 5.82 Å². The Balaban J connectivity index is 1.72. The fourth-order valence-corrected chi connectivity index (χ4v) is 3.65. The van der Waals surface area contributed by atoms with Gasteiger partial charge in [0.2, 0.25) is 0 Å². The van der Waals surface area contributed by atoms with Crippen molar-refractivity contribution in [2.24, 2.45) is 0 Å². The van der Waals surface area contributed by atoms with Gasteiger partial charge < -0.3 is 15.0 Å². The fraction of sp³-hybridized carbons (Fsp3) is 0.526. The number of anilines is 1. The number of ether oxygens (including phenoxy) is 1. The number of fused-ring (bicyclic) bond motifs is 1. The van der Waals surface area contributed by atoms with Crippen LogP contribution in [0.5, 0.6) is 0 Å². The molecule has 2 aromatic rings. The lowest BCUT2D eigenvalue weighted by molar-refractivity contribution is 0.116. The first-order chi connectivity index (χ1) is 12.3. The van der Waals surface area contributed by atoms with Crippen molar-refractivity contribution in [2.75, 3.05) is 38.2 Å². The molecule has 6 heteroatoms. The average Bonchev–Trinajstić information content (AvgIpc) is 3.04. The summed E-state index contributed by atoms with van der Waals surface area (Å²) in [5.41, 5.74) is 3.40. The van der Waals surface area contributed by atoms with E-state index >= 15 is 0 Å². The Labute approximate surface area is 148 Å². The molecular weight excluding hydrogens is 314 g/mol. The van der Waals surface area contributed by atoms with Gasteiger partial charge in [0.15, 0.2) is 5.82 Å². The van der Waals surface area contributed by atoms with Crippen LogP contribution in [-0.2, 0) is 17.6 Å². The van der Waals surface area contributed by atoms with Crippen molar-refractivity contribution >= 4 is 5.82 Å². The predicted molar refractivity (Wildman–Crippen MR) is 97.8 cm³/mol. The smallest absolute Gasteiger partial charge is 0.163 e. The second kappa shape index (κ2) is 7.45. The van der Waals surface area contributed by atoms with E-state index in [1.54, 1.807) is 6.20 Å². The molecule has 25 heavy (non-hydrogen) atoms. The van der Waals surface area contributed by atoms with Crippen molar-refractivity contribution in [2.45, 2.75) is 31.8 Å². The Kier molecular flexibility index (Phi) is 4.90. The van der Waals surface area contributed by atoms with Crippen molar-refractivity contribution in [3.63, 3.8) is 0 Å². The lowest BCUT2D eigenvalue weighted by Gasteiger charge is -2.25. The van der Waals surface area contributed by atoms with Gasteiger partial charge in [-0.25, -0.2) is 9.97 Å². The number of nitrogens with zero attached hydrogens (tertiary/aromatic N) is 4. The third-order valence-corrected chi connectivity index (χ3v) is 4.94. The summed E-state index contributed by atoms with van der Waals surface area (Å²) in [7, 11) is 2.12. The van der Waals surface area contributed by atoms with E-state index in [4.69, 9.17) is 14.7 Å². The van der Waals surface area contributed by atoms with Crippen LogP contribution in [0.4, 0.5) is 5.82 Å². The average molecular weight is 339 g/mol. The van der Waals surface area contributed by atoms with E-state index in [0.717, 1.165) is 74.8 Å². The van der Waals surface area contributed by atoms with Crippen LogP contribution < -0.4 is 10.2 Å². The van der Waals surface area contributed by atoms with Crippen molar-refractivity contribution in [3.05, 3.63) is 35.8 Å². The Hall–Kier alpha value is -2.05. The molecule has 0 aromatic carbocycles. The number of aromatic nitrogens is 3. The first-order valence-corrected chi connectivity index (χ1v) is 9.15. The maximum Gasteiger partial charge on any atom is 0.163 e. The molecule has 1 N–H and O–H groups in total. The largest absolute Gasteiger partial charge is 0.376 e. The van der Waals surface area contributed by atoms with Gasteiger partial charge in [-0.05, 0) is 37.9 Å². The summed E-state index contributed by atoms with van der Waals surface area (Å²) in [5, 5.41) is 3.47. The number of hydrogen-bond donors (Lipinski definition) is 1. The second-order valence-electron chi connectivity index (χ2n) is 6.80. The van der Waals surface area contributed by atoms with E-state index in [1.165, 1.54) is 5.56 Å². The Morgan fingerprint density at radius 2 is 2.20 bits per heavy atom. The number of nitrogens with one attached hydrogen (secondary N) is 1. The summed E-state index contributed by atoms with van der Waals surface area (Å²) in [6.45, 7) is 3.70. The van der Waals surface area contributed by atoms with E-state index in [2.05, 4.69) is 22.2 Å². The van der Waals surface area contributed by atoms with Crippen molar-refractivity contribution < 1.29 is 4.74 Å². The molecule has 2 aliphatic heterocycles. The molecule has 6 nitrogen and oxygen atoms in total. The Morgan fingerprint density at radius 3 is 3.00 bits per heavy atom. The summed E-state index contributed by atoms with van der Waals surface area (Å²) in [6.07, 6.45) is 8.11. The lowest BCUT2D eigenvalue weighted by Crippen LogP contribution is -2.30. The molecule has 4 rings (SSSR count). The van der Waals surface area contributed by atoms with Crippen molar-refractivity contribution in [1.29, 1.82) is 0 Å². The SMILES string of the molecule is CN(C[C@@H]1CCCO1)c1nc(-c2cccnc2)nc2c1CCNCC2. The highest BCUT2D eigenvalue weighted by Crippen LogP contribution is 2.27. The van der Waals surface area contributed by atoms with Gasteiger partial charge in [-0.1, -0.05) is 0 Å². The van der Waals surface area contributed by atoms with E-state index in [0.29, 0.717) is 6.10 Å². The standard InChI is InChI=1S/C19H25N5O/c1-24(13-15-5-3-11-25-15)19-16-6-9-20-10-7-17(16)22-18(23-19)14-4-2-8-21-12-14/h2,4,8,12,15,20H,3,5-7,9-11,13H2,1H3/t15-/m0/s1. The van der Waals surface area contributed by atoms with Gasteiger partial charge in [0.25, 0.3) is 0 Å². The molecule has 2 aliphatic rings. The van der Waals surface area contributed by atoms with E-state index in [-0.39, 0.29) is 0 Å². The van der Waals surface area contributed by atoms with Crippen LogP contribution in [0.2, 0.25) is 0 Å². The van der Waals surface area contributed by atoms with E-state index in [1.807, 2.05) is 18.3 Å². The minimum absolute atomic E-state index is 0.307. The zero-order valence-corrected chi connectivity index (χ0v) is 14.7. The minimum atomic E-state index is 0.307. The van der Waals surface area contributed by atoms with Crippen molar-refractivity contribution in [3.8, 4) is 11.4 Å². The third kappa shape index (κ3) is 3.65. The minimum Gasteiger partial charge on any atom is -0.376 e. The quantitative estimate of drug-likeness (QED) is 0.917. The van der Waals surface area contributed by atoms with Crippen LogP contribution in [0.1, 0.15) is 24.1 Å². The summed E-state index contributed by atoms with van der Waals surface area (Å²) in [4.78, 5) is 16.3. The zero-order valence-electron chi connectivity index (χ0n) is 14.7. The van der Waals surface area contributed by atoms with Crippen LogP contribution in [-0.4, -0.2) is 54.3 Å². The van der Waals surface area contributed by atoms with Gasteiger partial charge in [-0.2, -0.15) is 0 Å². The van der Waals surface area contributed by atoms with Crippen LogP contribution in [0.3, 0.4) is 0 Å². The van der Waals surface area contributed by atoms with Crippen molar-refractivity contribution in [1.82, 2.24) is 20.3 Å². The fourth-order valence-electron chi connectivity index (χ4n) is 3.65. The summed E-state index contributed by atoms with van der Waals surface area (Å²) in [6, 6.07) is 3.95. The van der Waals surface area contributed by atoms with Gasteiger partial charge >= 0.3 is 0 Å². The summed E-state index contributed by atoms with van der Waals surface area (Å²) in [5.74, 6) is 1.81. The Bertz CT molecular complexity index is 715. The number of likely N-dealkylation sites (N-methyl/N-ethyl adjacent to an activating group) is 1. The molecule has 0 aliphatic carbocycles. The van der Waals surface area contributed by atoms with Gasteiger partial charge in [0, 0.05) is 56.7 Å². The zero-order chi connectivity index (χ0) is 17.1. The van der Waals surface area contributed by atoms with Gasteiger partial charge in [-0.15, -0.1) is 0 Å². The summed E-state index contributed by atoms with van der Waals surface area (Å²) < 4.78 is 5.82. The topological polar surface area (TPSA) is 63.2 Å². The first-order valence-electron chi connectivity index (χ1n) is 9.15. The predicted octanol–water partition coefficient (Wildman–Crippen LogP) is 1.84. The monoisotopic (exact) mass is 339 g/mol. The molecule has 132 valence electrons. The molecule has 0 bridgehead atoms. The molecule has 1 atom stereocenters. The molecular formula is C19H25N5O. The highest BCUT2D eigenvalue weighted by atomic mass is 16.5. The van der Waals surface area contributed by atoms with E-state index < -0.39 is 0 Å². The highest BCUT2D eigenvalue weighted by Gasteiger charge is 2.23. The summed E-state index contributed by atoms with van der Waals surface area (Å²) >= 11 is 0.